The van der Waals surface area contributed by atoms with E-state index in [9.17, 15) is 24.3 Å². The molecule has 3 N–H and O–H groups in total. The Balaban J connectivity index is 2.59. The Morgan fingerprint density at radius 3 is 2.70 bits per heavy atom. The molecule has 3 atom stereocenters. The van der Waals surface area contributed by atoms with Crippen LogP contribution in [-0.2, 0) is 15.3 Å². The number of aromatic nitrogens is 2. The molecule has 0 aliphatic carbocycles. The lowest BCUT2D eigenvalue weighted by Crippen LogP contribution is -2.46. The van der Waals surface area contributed by atoms with Gasteiger partial charge in [-0.1, -0.05) is 0 Å². The smallest absolute Gasteiger partial charge is 0.331 e. The summed E-state index contributed by atoms with van der Waals surface area (Å²) >= 11 is 0. The van der Waals surface area contributed by atoms with Gasteiger partial charge in [-0.15, -0.1) is 0 Å². The molecule has 2 rings (SSSR count). The molecule has 1 aromatic heterocycles. The van der Waals surface area contributed by atoms with Gasteiger partial charge in [0.15, 0.2) is 12.6 Å². The SMILES string of the molecule is O=Cc1cn([C@@]2(C=O)C[C@H](O)[C@@H](CO)O2)c(=O)[nH]c1=O. The second-order valence-electron chi connectivity index (χ2n) is 4.40. The number of aromatic amines is 1. The molecule has 20 heavy (non-hydrogen) atoms. The third-order valence-corrected chi connectivity index (χ3v) is 3.15. The predicted molar refractivity (Wildman–Crippen MR) is 63.3 cm³/mol. The number of nitrogens with zero attached hydrogens (tertiary/aromatic N) is 1. The summed E-state index contributed by atoms with van der Waals surface area (Å²) < 4.78 is 5.95. The van der Waals surface area contributed by atoms with E-state index in [0.29, 0.717) is 0 Å². The maximum absolute atomic E-state index is 11.8. The fraction of sp³-hybridized carbons (Fsp3) is 0.455. The molecule has 108 valence electrons. The average Bonchev–Trinajstić information content (AvgIpc) is 2.76. The molecule has 2 heterocycles. The number of H-pyrrole nitrogens is 1. The monoisotopic (exact) mass is 284 g/mol. The number of nitrogens with one attached hydrogen (secondary N) is 1. The van der Waals surface area contributed by atoms with Crippen molar-refractivity contribution in [3.63, 3.8) is 0 Å². The molecule has 0 radical (unpaired) electrons. The van der Waals surface area contributed by atoms with Gasteiger partial charge in [0.05, 0.1) is 18.3 Å². The van der Waals surface area contributed by atoms with Crippen LogP contribution in [0.2, 0.25) is 0 Å². The van der Waals surface area contributed by atoms with Crippen molar-refractivity contribution in [3.8, 4) is 0 Å². The van der Waals surface area contributed by atoms with Gasteiger partial charge < -0.3 is 14.9 Å². The van der Waals surface area contributed by atoms with E-state index in [0.717, 1.165) is 10.8 Å². The lowest BCUT2D eigenvalue weighted by atomic mass is 10.1. The fourth-order valence-corrected chi connectivity index (χ4v) is 2.12. The number of hydrogen-bond acceptors (Lipinski definition) is 7. The predicted octanol–water partition coefficient (Wildman–Crippen LogP) is -2.66. The zero-order valence-electron chi connectivity index (χ0n) is 10.2. The van der Waals surface area contributed by atoms with E-state index >= 15 is 0 Å². The molecule has 1 aliphatic rings. The number of aliphatic hydroxyl groups excluding tert-OH is 2. The Bertz CT molecular complexity index is 649. The van der Waals surface area contributed by atoms with Crippen LogP contribution in [0.15, 0.2) is 15.8 Å². The van der Waals surface area contributed by atoms with Crippen LogP contribution in [-0.4, -0.2) is 51.2 Å². The van der Waals surface area contributed by atoms with Crippen LogP contribution < -0.4 is 11.2 Å². The van der Waals surface area contributed by atoms with Crippen molar-refractivity contribution in [2.45, 2.75) is 24.4 Å². The quantitative estimate of drug-likeness (QED) is 0.513. The Hall–Kier alpha value is -2.10. The van der Waals surface area contributed by atoms with E-state index in [1.54, 1.807) is 0 Å². The van der Waals surface area contributed by atoms with Gasteiger partial charge in [-0.3, -0.25) is 23.9 Å². The van der Waals surface area contributed by atoms with E-state index in [-0.39, 0.29) is 24.6 Å². The minimum atomic E-state index is -1.87. The minimum Gasteiger partial charge on any atom is -0.394 e. The number of aldehydes is 2. The fourth-order valence-electron chi connectivity index (χ4n) is 2.12. The normalized spacial score (nSPS) is 29.3. The van der Waals surface area contributed by atoms with E-state index in [1.807, 2.05) is 4.98 Å². The Kier molecular flexibility index (Phi) is 3.66. The van der Waals surface area contributed by atoms with E-state index in [2.05, 4.69) is 0 Å². The zero-order chi connectivity index (χ0) is 14.9. The van der Waals surface area contributed by atoms with Gasteiger partial charge in [0.1, 0.15) is 6.10 Å². The summed E-state index contributed by atoms with van der Waals surface area (Å²) in [5.74, 6) is 0. The third-order valence-electron chi connectivity index (χ3n) is 3.15. The van der Waals surface area contributed by atoms with Gasteiger partial charge in [0.25, 0.3) is 5.56 Å². The molecule has 1 saturated heterocycles. The van der Waals surface area contributed by atoms with Crippen molar-refractivity contribution in [3.05, 3.63) is 32.6 Å². The average molecular weight is 284 g/mol. The van der Waals surface area contributed by atoms with Crippen molar-refractivity contribution >= 4 is 12.6 Å². The van der Waals surface area contributed by atoms with Crippen LogP contribution in [0, 0.1) is 0 Å². The molecule has 0 unspecified atom stereocenters. The standard InChI is InChI=1S/C11H12N2O7/c14-3-6-2-13(10(19)12-9(6)18)11(5-16)1-7(17)8(4-15)20-11/h2-3,5,7-8,15,17H,1,4H2,(H,12,18,19)/t7-,8+,11-/m0/s1. The van der Waals surface area contributed by atoms with Gasteiger partial charge in [-0.2, -0.15) is 0 Å². The highest BCUT2D eigenvalue weighted by atomic mass is 16.6. The van der Waals surface area contributed by atoms with Gasteiger partial charge in [0.2, 0.25) is 5.72 Å². The summed E-state index contributed by atoms with van der Waals surface area (Å²) in [6.07, 6.45) is -1.11. The third kappa shape index (κ3) is 2.11. The molecule has 0 bridgehead atoms. The first-order chi connectivity index (χ1) is 9.47. The number of aliphatic hydroxyl groups is 2. The number of carbonyl (C=O) groups excluding carboxylic acids is 2. The molecule has 9 nitrogen and oxygen atoms in total. The van der Waals surface area contributed by atoms with Crippen molar-refractivity contribution in [1.82, 2.24) is 9.55 Å². The van der Waals surface area contributed by atoms with Crippen molar-refractivity contribution in [2.75, 3.05) is 6.61 Å². The molecule has 0 aromatic carbocycles. The van der Waals surface area contributed by atoms with Gasteiger partial charge in [-0.05, 0) is 0 Å². The highest BCUT2D eigenvalue weighted by Gasteiger charge is 2.48. The number of ether oxygens (including phenoxy) is 1. The second-order valence-corrected chi connectivity index (χ2v) is 4.40. The molecular formula is C11H12N2O7. The number of carbonyl (C=O) groups is 2. The minimum absolute atomic E-state index is 0.224. The van der Waals surface area contributed by atoms with Crippen LogP contribution in [0.3, 0.4) is 0 Å². The molecular weight excluding hydrogens is 272 g/mol. The largest absolute Gasteiger partial charge is 0.394 e. The van der Waals surface area contributed by atoms with Gasteiger partial charge >= 0.3 is 5.69 Å². The van der Waals surface area contributed by atoms with E-state index in [1.165, 1.54) is 0 Å². The highest BCUT2D eigenvalue weighted by molar-refractivity contribution is 5.73. The van der Waals surface area contributed by atoms with Crippen molar-refractivity contribution < 1.29 is 24.5 Å². The summed E-state index contributed by atoms with van der Waals surface area (Å²) in [4.78, 5) is 47.0. The van der Waals surface area contributed by atoms with E-state index in [4.69, 9.17) is 9.84 Å². The summed E-state index contributed by atoms with van der Waals surface area (Å²) in [7, 11) is 0. The van der Waals surface area contributed by atoms with Gasteiger partial charge in [-0.25, -0.2) is 4.79 Å². The first-order valence-electron chi connectivity index (χ1n) is 5.72. The molecule has 1 aliphatic heterocycles. The summed E-state index contributed by atoms with van der Waals surface area (Å²) in [6.45, 7) is -0.546. The van der Waals surface area contributed by atoms with Crippen LogP contribution in [0.4, 0.5) is 0 Å². The highest BCUT2D eigenvalue weighted by Crippen LogP contribution is 2.32. The summed E-state index contributed by atoms with van der Waals surface area (Å²) in [5.41, 5.74) is -4.08. The molecule has 0 spiro atoms. The number of hydrogen-bond donors (Lipinski definition) is 3. The molecule has 0 saturated carbocycles. The lowest BCUT2D eigenvalue weighted by Gasteiger charge is -2.24. The zero-order valence-corrected chi connectivity index (χ0v) is 10.2. The molecule has 0 amide bonds. The van der Waals surface area contributed by atoms with Crippen molar-refractivity contribution in [1.29, 1.82) is 0 Å². The second kappa shape index (κ2) is 5.12. The Morgan fingerprint density at radius 2 is 2.20 bits per heavy atom. The van der Waals surface area contributed by atoms with Crippen LogP contribution >= 0.6 is 0 Å². The molecule has 1 aromatic rings. The van der Waals surface area contributed by atoms with Crippen LogP contribution in [0.5, 0.6) is 0 Å². The maximum atomic E-state index is 11.8. The summed E-state index contributed by atoms with van der Waals surface area (Å²) in [5, 5.41) is 18.7. The lowest BCUT2D eigenvalue weighted by molar-refractivity contribution is -0.148. The maximum Gasteiger partial charge on any atom is 0.331 e. The summed E-state index contributed by atoms with van der Waals surface area (Å²) in [6, 6.07) is 0. The molecule has 1 fully saturated rings. The van der Waals surface area contributed by atoms with Crippen LogP contribution in [0.1, 0.15) is 16.8 Å². The van der Waals surface area contributed by atoms with E-state index < -0.39 is 35.8 Å². The van der Waals surface area contributed by atoms with Crippen LogP contribution in [0.25, 0.3) is 0 Å². The topological polar surface area (TPSA) is 139 Å². The van der Waals surface area contributed by atoms with Crippen molar-refractivity contribution in [2.24, 2.45) is 0 Å². The Morgan fingerprint density at radius 1 is 1.50 bits per heavy atom. The first kappa shape index (κ1) is 14.3. The van der Waals surface area contributed by atoms with Gasteiger partial charge in [0, 0.05) is 12.6 Å². The number of rotatable bonds is 4. The Labute approximate surface area is 111 Å². The first-order valence-corrected chi connectivity index (χ1v) is 5.72. The molecule has 9 heteroatoms.